The number of hydrogen-bond acceptors (Lipinski definition) is 5. The van der Waals surface area contributed by atoms with E-state index < -0.39 is 5.91 Å². The molecule has 2 aromatic rings. The van der Waals surface area contributed by atoms with Crippen LogP contribution in [0.15, 0.2) is 28.7 Å². The van der Waals surface area contributed by atoms with E-state index in [-0.39, 0.29) is 11.9 Å². The van der Waals surface area contributed by atoms with Gasteiger partial charge in [0.05, 0.1) is 0 Å². The number of aromatic nitrogens is 2. The zero-order valence-electron chi connectivity index (χ0n) is 14.6. The van der Waals surface area contributed by atoms with Crippen LogP contribution >= 0.6 is 0 Å². The summed E-state index contributed by atoms with van der Waals surface area (Å²) in [5.41, 5.74) is 6.11. The van der Waals surface area contributed by atoms with Gasteiger partial charge in [-0.25, -0.2) is 0 Å². The normalized spacial score (nSPS) is 20.6. The van der Waals surface area contributed by atoms with E-state index in [4.69, 9.17) is 10.2 Å². The lowest BCUT2D eigenvalue weighted by molar-refractivity contribution is 0.0568. The molecule has 2 aliphatic rings. The van der Waals surface area contributed by atoms with Crippen LogP contribution in [0, 0.1) is 0 Å². The summed E-state index contributed by atoms with van der Waals surface area (Å²) in [5, 5.41) is 8.43. The molecule has 1 saturated carbocycles. The predicted octanol–water partition coefficient (Wildman–Crippen LogP) is 2.80. The Hall–Kier alpha value is -2.70. The van der Waals surface area contributed by atoms with Gasteiger partial charge in [-0.1, -0.05) is 12.5 Å². The van der Waals surface area contributed by atoms with E-state index in [1.54, 1.807) is 29.2 Å². The fourth-order valence-corrected chi connectivity index (χ4v) is 3.60. The van der Waals surface area contributed by atoms with Gasteiger partial charge in [-0.05, 0) is 50.3 Å². The molecule has 2 amide bonds. The number of carbonyl (C=O) groups excluding carboxylic acids is 2. The SMILES string of the molecule is NC(=O)c1cccc(C(=O)N2CCCCC2c2nnc(C3CCC3)o2)c1. The minimum Gasteiger partial charge on any atom is -0.423 e. The second-order valence-electron chi connectivity index (χ2n) is 7.06. The van der Waals surface area contributed by atoms with E-state index in [2.05, 4.69) is 10.2 Å². The molecule has 1 aromatic carbocycles. The van der Waals surface area contributed by atoms with Crippen LogP contribution in [0.3, 0.4) is 0 Å². The molecule has 1 aliphatic heterocycles. The molecule has 7 nitrogen and oxygen atoms in total. The van der Waals surface area contributed by atoms with Crippen LogP contribution in [0.25, 0.3) is 0 Å². The molecular weight excluding hydrogens is 332 g/mol. The lowest BCUT2D eigenvalue weighted by Gasteiger charge is -2.33. The van der Waals surface area contributed by atoms with Gasteiger partial charge in [0.2, 0.25) is 17.7 Å². The van der Waals surface area contributed by atoms with Crippen molar-refractivity contribution in [3.05, 3.63) is 47.2 Å². The highest BCUT2D eigenvalue weighted by atomic mass is 16.4. The minimum absolute atomic E-state index is 0.138. The van der Waals surface area contributed by atoms with Crippen molar-refractivity contribution in [2.45, 2.75) is 50.5 Å². The van der Waals surface area contributed by atoms with E-state index in [1.807, 2.05) is 0 Å². The molecule has 2 fully saturated rings. The number of hydrogen-bond donors (Lipinski definition) is 1. The lowest BCUT2D eigenvalue weighted by atomic mass is 9.85. The molecule has 0 radical (unpaired) electrons. The summed E-state index contributed by atoms with van der Waals surface area (Å²) in [6.07, 6.45) is 6.13. The molecule has 1 aromatic heterocycles. The summed E-state index contributed by atoms with van der Waals surface area (Å²) in [4.78, 5) is 26.2. The van der Waals surface area contributed by atoms with Gasteiger partial charge in [0.15, 0.2) is 0 Å². The van der Waals surface area contributed by atoms with Gasteiger partial charge in [0, 0.05) is 23.6 Å². The van der Waals surface area contributed by atoms with Gasteiger partial charge in [-0.15, -0.1) is 10.2 Å². The molecule has 1 aliphatic carbocycles. The summed E-state index contributed by atoms with van der Waals surface area (Å²) < 4.78 is 5.92. The zero-order valence-corrected chi connectivity index (χ0v) is 14.6. The fraction of sp³-hybridized carbons (Fsp3) is 0.474. The van der Waals surface area contributed by atoms with Crippen LogP contribution < -0.4 is 5.73 Å². The van der Waals surface area contributed by atoms with Crippen LogP contribution in [-0.4, -0.2) is 33.5 Å². The van der Waals surface area contributed by atoms with E-state index >= 15 is 0 Å². The number of piperidine rings is 1. The van der Waals surface area contributed by atoms with Crippen LogP contribution in [0.1, 0.15) is 83.0 Å². The number of rotatable bonds is 4. The third-order valence-corrected chi connectivity index (χ3v) is 5.35. The van der Waals surface area contributed by atoms with Crippen molar-refractivity contribution < 1.29 is 14.0 Å². The molecule has 136 valence electrons. The van der Waals surface area contributed by atoms with E-state index in [0.29, 0.717) is 35.4 Å². The summed E-state index contributed by atoms with van der Waals surface area (Å²) in [5.74, 6) is 0.903. The maximum absolute atomic E-state index is 13.1. The van der Waals surface area contributed by atoms with Crippen LogP contribution in [0.4, 0.5) is 0 Å². The van der Waals surface area contributed by atoms with Gasteiger partial charge in [-0.2, -0.15) is 0 Å². The Morgan fingerprint density at radius 1 is 1.04 bits per heavy atom. The molecule has 4 rings (SSSR count). The number of carbonyl (C=O) groups is 2. The van der Waals surface area contributed by atoms with Crippen molar-refractivity contribution in [2.24, 2.45) is 5.73 Å². The Morgan fingerprint density at radius 3 is 2.54 bits per heavy atom. The first-order valence-corrected chi connectivity index (χ1v) is 9.17. The summed E-state index contributed by atoms with van der Waals surface area (Å²) >= 11 is 0. The summed E-state index contributed by atoms with van der Waals surface area (Å²) in [7, 11) is 0. The largest absolute Gasteiger partial charge is 0.423 e. The van der Waals surface area contributed by atoms with Gasteiger partial charge in [0.25, 0.3) is 5.91 Å². The Labute approximate surface area is 151 Å². The number of amides is 2. The van der Waals surface area contributed by atoms with Crippen molar-refractivity contribution in [2.75, 3.05) is 6.54 Å². The quantitative estimate of drug-likeness (QED) is 0.909. The number of likely N-dealkylation sites (tertiary alicyclic amines) is 1. The zero-order chi connectivity index (χ0) is 18.1. The molecule has 2 heterocycles. The summed E-state index contributed by atoms with van der Waals surface area (Å²) in [6, 6.07) is 6.32. The Bertz CT molecular complexity index is 828. The van der Waals surface area contributed by atoms with Crippen LogP contribution in [0.2, 0.25) is 0 Å². The highest BCUT2D eigenvalue weighted by Crippen LogP contribution is 2.38. The first-order chi connectivity index (χ1) is 12.6. The highest BCUT2D eigenvalue weighted by Gasteiger charge is 2.34. The molecule has 26 heavy (non-hydrogen) atoms. The lowest BCUT2D eigenvalue weighted by Crippen LogP contribution is -2.38. The smallest absolute Gasteiger partial charge is 0.254 e. The Balaban J connectivity index is 1.58. The van der Waals surface area contributed by atoms with E-state index in [1.165, 1.54) is 6.42 Å². The van der Waals surface area contributed by atoms with Crippen molar-refractivity contribution in [3.8, 4) is 0 Å². The fourth-order valence-electron chi connectivity index (χ4n) is 3.60. The minimum atomic E-state index is -0.545. The highest BCUT2D eigenvalue weighted by molar-refractivity contribution is 5.99. The average molecular weight is 354 g/mol. The maximum Gasteiger partial charge on any atom is 0.254 e. The number of benzene rings is 1. The summed E-state index contributed by atoms with van der Waals surface area (Å²) in [6.45, 7) is 0.630. The van der Waals surface area contributed by atoms with Gasteiger partial charge >= 0.3 is 0 Å². The van der Waals surface area contributed by atoms with Crippen molar-refractivity contribution in [1.29, 1.82) is 0 Å². The molecule has 7 heteroatoms. The Morgan fingerprint density at radius 2 is 1.81 bits per heavy atom. The molecule has 2 N–H and O–H groups in total. The van der Waals surface area contributed by atoms with Gasteiger partial charge < -0.3 is 15.1 Å². The van der Waals surface area contributed by atoms with Crippen LogP contribution in [-0.2, 0) is 0 Å². The third kappa shape index (κ3) is 3.09. The molecule has 0 spiro atoms. The number of nitrogens with two attached hydrogens (primary N) is 1. The first kappa shape index (κ1) is 16.8. The monoisotopic (exact) mass is 354 g/mol. The van der Waals surface area contributed by atoms with Gasteiger partial charge in [0.1, 0.15) is 6.04 Å². The van der Waals surface area contributed by atoms with E-state index in [0.717, 1.165) is 32.1 Å². The van der Waals surface area contributed by atoms with Crippen molar-refractivity contribution in [1.82, 2.24) is 15.1 Å². The average Bonchev–Trinajstić information content (AvgIpc) is 3.09. The predicted molar refractivity (Wildman–Crippen MR) is 93.5 cm³/mol. The first-order valence-electron chi connectivity index (χ1n) is 9.17. The number of nitrogens with zero attached hydrogens (tertiary/aromatic N) is 3. The van der Waals surface area contributed by atoms with Crippen molar-refractivity contribution >= 4 is 11.8 Å². The second kappa shape index (κ2) is 6.90. The second-order valence-corrected chi connectivity index (χ2v) is 7.06. The van der Waals surface area contributed by atoms with Crippen molar-refractivity contribution in [3.63, 3.8) is 0 Å². The third-order valence-electron chi connectivity index (χ3n) is 5.35. The number of primary amides is 1. The standard InChI is InChI=1S/C19H22N4O3/c20-16(24)13-7-4-8-14(11-13)19(25)23-10-2-1-9-15(23)18-22-21-17(26-18)12-5-3-6-12/h4,7-8,11-12,15H,1-3,5-6,9-10H2,(H2,20,24). The van der Waals surface area contributed by atoms with Crippen LogP contribution in [0.5, 0.6) is 0 Å². The molecule has 1 unspecified atom stereocenters. The van der Waals surface area contributed by atoms with Gasteiger partial charge in [-0.3, -0.25) is 9.59 Å². The molecule has 1 saturated heterocycles. The van der Waals surface area contributed by atoms with E-state index in [9.17, 15) is 9.59 Å². The Kier molecular flexibility index (Phi) is 4.44. The maximum atomic E-state index is 13.1. The topological polar surface area (TPSA) is 102 Å². The molecular formula is C19H22N4O3. The molecule has 1 atom stereocenters. The molecule has 0 bridgehead atoms.